The van der Waals surface area contributed by atoms with Gasteiger partial charge in [0.25, 0.3) is 0 Å². The molecule has 0 aromatic carbocycles. The molecule has 23 heavy (non-hydrogen) atoms. The van der Waals surface area contributed by atoms with Crippen molar-refractivity contribution in [1.29, 1.82) is 0 Å². The standard InChI is InChI=1S/C17H36N2O4/c1-3-5-6-7-8-17(22)18-15-16(4-2)23-14-11-19(9-12-20)10-13-21/h16,20-21H,3-15H2,1-2H3,(H,18,22). The van der Waals surface area contributed by atoms with E-state index in [1.165, 1.54) is 12.8 Å². The monoisotopic (exact) mass is 332 g/mol. The summed E-state index contributed by atoms with van der Waals surface area (Å²) in [6.07, 6.45) is 5.88. The Morgan fingerprint density at radius 2 is 1.78 bits per heavy atom. The molecule has 0 aliphatic heterocycles. The second kappa shape index (κ2) is 16.2. The Morgan fingerprint density at radius 3 is 2.35 bits per heavy atom. The molecule has 0 rings (SSSR count). The molecule has 0 heterocycles. The number of unbranched alkanes of at least 4 members (excludes halogenated alkanes) is 3. The predicted octanol–water partition coefficient (Wildman–Crippen LogP) is 1.15. The van der Waals surface area contributed by atoms with Crippen LogP contribution >= 0.6 is 0 Å². The number of nitrogens with one attached hydrogen (secondary N) is 1. The molecule has 0 spiro atoms. The van der Waals surface area contributed by atoms with Crippen LogP contribution in [0.4, 0.5) is 0 Å². The summed E-state index contributed by atoms with van der Waals surface area (Å²) >= 11 is 0. The van der Waals surface area contributed by atoms with Crippen molar-refractivity contribution in [3.63, 3.8) is 0 Å². The first kappa shape index (κ1) is 22.3. The lowest BCUT2D eigenvalue weighted by Crippen LogP contribution is -2.37. The third kappa shape index (κ3) is 13.4. The Bertz CT molecular complexity index is 271. The van der Waals surface area contributed by atoms with E-state index in [0.717, 1.165) is 19.3 Å². The lowest BCUT2D eigenvalue weighted by molar-refractivity contribution is -0.121. The van der Waals surface area contributed by atoms with Gasteiger partial charge < -0.3 is 20.3 Å². The number of carbonyl (C=O) groups is 1. The van der Waals surface area contributed by atoms with E-state index in [0.29, 0.717) is 39.2 Å². The van der Waals surface area contributed by atoms with Crippen molar-refractivity contribution in [1.82, 2.24) is 10.2 Å². The number of hydrogen-bond acceptors (Lipinski definition) is 5. The lowest BCUT2D eigenvalue weighted by atomic mass is 10.1. The molecule has 1 amide bonds. The van der Waals surface area contributed by atoms with Gasteiger partial charge in [-0.2, -0.15) is 0 Å². The van der Waals surface area contributed by atoms with E-state index in [2.05, 4.69) is 12.2 Å². The predicted molar refractivity (Wildman–Crippen MR) is 92.4 cm³/mol. The molecule has 6 heteroatoms. The van der Waals surface area contributed by atoms with Gasteiger partial charge in [0.05, 0.1) is 25.9 Å². The van der Waals surface area contributed by atoms with E-state index in [9.17, 15) is 4.79 Å². The number of aliphatic hydroxyl groups excluding tert-OH is 2. The summed E-state index contributed by atoms with van der Waals surface area (Å²) in [5.74, 6) is 0.102. The van der Waals surface area contributed by atoms with Gasteiger partial charge in [-0.25, -0.2) is 0 Å². The number of carbonyl (C=O) groups excluding carboxylic acids is 1. The minimum Gasteiger partial charge on any atom is -0.395 e. The third-order valence-corrected chi connectivity index (χ3v) is 3.83. The number of nitrogens with zero attached hydrogens (tertiary/aromatic N) is 1. The highest BCUT2D eigenvalue weighted by Crippen LogP contribution is 2.03. The molecule has 0 aromatic heterocycles. The second-order valence-electron chi connectivity index (χ2n) is 5.80. The highest BCUT2D eigenvalue weighted by atomic mass is 16.5. The van der Waals surface area contributed by atoms with E-state index >= 15 is 0 Å². The summed E-state index contributed by atoms with van der Waals surface area (Å²) in [6.45, 7) is 7.17. The van der Waals surface area contributed by atoms with E-state index < -0.39 is 0 Å². The molecule has 0 saturated carbocycles. The summed E-state index contributed by atoms with van der Waals surface area (Å²) in [5.41, 5.74) is 0. The number of amides is 1. The molecule has 0 bridgehead atoms. The van der Waals surface area contributed by atoms with Crippen molar-refractivity contribution >= 4 is 5.91 Å². The zero-order valence-electron chi connectivity index (χ0n) is 14.9. The van der Waals surface area contributed by atoms with E-state index in [1.54, 1.807) is 0 Å². The normalized spacial score (nSPS) is 12.6. The smallest absolute Gasteiger partial charge is 0.220 e. The van der Waals surface area contributed by atoms with Crippen LogP contribution < -0.4 is 5.32 Å². The van der Waals surface area contributed by atoms with Crippen molar-refractivity contribution in [3.05, 3.63) is 0 Å². The Hall–Kier alpha value is -0.690. The summed E-state index contributed by atoms with van der Waals surface area (Å²) in [6, 6.07) is 0. The van der Waals surface area contributed by atoms with Crippen LogP contribution in [-0.4, -0.2) is 73.1 Å². The number of rotatable bonds is 16. The Balaban J connectivity index is 3.81. The van der Waals surface area contributed by atoms with Crippen LogP contribution in [0.1, 0.15) is 52.4 Å². The van der Waals surface area contributed by atoms with Gasteiger partial charge >= 0.3 is 0 Å². The molecule has 0 aromatic rings. The molecule has 3 N–H and O–H groups in total. The zero-order valence-corrected chi connectivity index (χ0v) is 14.9. The van der Waals surface area contributed by atoms with Gasteiger partial charge in [-0.05, 0) is 12.8 Å². The fraction of sp³-hybridized carbons (Fsp3) is 0.941. The fourth-order valence-electron chi connectivity index (χ4n) is 2.32. The molecule has 0 saturated heterocycles. The highest BCUT2D eigenvalue weighted by molar-refractivity contribution is 5.75. The van der Waals surface area contributed by atoms with Crippen LogP contribution in [0.3, 0.4) is 0 Å². The molecule has 1 atom stereocenters. The van der Waals surface area contributed by atoms with Gasteiger partial charge in [0, 0.05) is 32.6 Å². The Morgan fingerprint density at radius 1 is 1.09 bits per heavy atom. The first-order valence-electron chi connectivity index (χ1n) is 9.00. The molecular formula is C17H36N2O4. The molecule has 1 unspecified atom stereocenters. The van der Waals surface area contributed by atoms with Crippen LogP contribution in [0.5, 0.6) is 0 Å². The average molecular weight is 332 g/mol. The molecule has 138 valence electrons. The van der Waals surface area contributed by atoms with Gasteiger partial charge in [-0.1, -0.05) is 33.1 Å². The topological polar surface area (TPSA) is 82.0 Å². The van der Waals surface area contributed by atoms with Crippen LogP contribution in [0, 0.1) is 0 Å². The summed E-state index contributed by atoms with van der Waals surface area (Å²) in [7, 11) is 0. The van der Waals surface area contributed by atoms with Crippen LogP contribution in [0.15, 0.2) is 0 Å². The van der Waals surface area contributed by atoms with Crippen LogP contribution in [0.25, 0.3) is 0 Å². The van der Waals surface area contributed by atoms with Gasteiger partial charge in [0.1, 0.15) is 0 Å². The molecular weight excluding hydrogens is 296 g/mol. The first-order valence-corrected chi connectivity index (χ1v) is 9.00. The quantitative estimate of drug-likeness (QED) is 0.370. The van der Waals surface area contributed by atoms with Crippen molar-refractivity contribution in [2.24, 2.45) is 0 Å². The minimum atomic E-state index is 0.0136. The maximum absolute atomic E-state index is 11.7. The number of aliphatic hydroxyl groups is 2. The average Bonchev–Trinajstić information content (AvgIpc) is 2.55. The Labute approximate surface area is 141 Å². The summed E-state index contributed by atoms with van der Waals surface area (Å²) in [4.78, 5) is 13.7. The maximum atomic E-state index is 11.7. The third-order valence-electron chi connectivity index (χ3n) is 3.83. The van der Waals surface area contributed by atoms with Crippen molar-refractivity contribution in [2.75, 3.05) is 46.0 Å². The minimum absolute atomic E-state index is 0.0136. The van der Waals surface area contributed by atoms with E-state index in [1.807, 2.05) is 11.8 Å². The zero-order chi connectivity index (χ0) is 17.3. The molecule has 0 aliphatic carbocycles. The van der Waals surface area contributed by atoms with E-state index in [4.69, 9.17) is 14.9 Å². The molecule has 0 fully saturated rings. The van der Waals surface area contributed by atoms with Gasteiger partial charge in [-0.3, -0.25) is 9.69 Å². The Kier molecular flexibility index (Phi) is 15.7. The van der Waals surface area contributed by atoms with Gasteiger partial charge in [-0.15, -0.1) is 0 Å². The van der Waals surface area contributed by atoms with Gasteiger partial charge in [0.2, 0.25) is 5.91 Å². The van der Waals surface area contributed by atoms with Crippen LogP contribution in [0.2, 0.25) is 0 Å². The molecule has 0 radical (unpaired) electrons. The van der Waals surface area contributed by atoms with Crippen molar-refractivity contribution in [3.8, 4) is 0 Å². The number of ether oxygens (including phenoxy) is 1. The number of hydrogen-bond donors (Lipinski definition) is 3. The maximum Gasteiger partial charge on any atom is 0.220 e. The molecule has 6 nitrogen and oxygen atoms in total. The summed E-state index contributed by atoms with van der Waals surface area (Å²) in [5, 5.41) is 20.9. The van der Waals surface area contributed by atoms with Gasteiger partial charge in [0.15, 0.2) is 0 Å². The SMILES string of the molecule is CCCCCCC(=O)NCC(CC)OCCN(CCO)CCO. The van der Waals surface area contributed by atoms with E-state index in [-0.39, 0.29) is 25.2 Å². The first-order chi connectivity index (χ1) is 11.2. The highest BCUT2D eigenvalue weighted by Gasteiger charge is 2.10. The van der Waals surface area contributed by atoms with Crippen LogP contribution in [-0.2, 0) is 9.53 Å². The largest absolute Gasteiger partial charge is 0.395 e. The molecule has 0 aliphatic rings. The second-order valence-corrected chi connectivity index (χ2v) is 5.80. The van der Waals surface area contributed by atoms with Crippen molar-refractivity contribution < 1.29 is 19.7 Å². The van der Waals surface area contributed by atoms with Crippen molar-refractivity contribution in [2.45, 2.75) is 58.5 Å². The summed E-state index contributed by atoms with van der Waals surface area (Å²) < 4.78 is 5.79. The fourth-order valence-corrected chi connectivity index (χ4v) is 2.32. The lowest BCUT2D eigenvalue weighted by Gasteiger charge is -2.22.